The van der Waals surface area contributed by atoms with Crippen LogP contribution in [-0.2, 0) is 6.42 Å². The van der Waals surface area contributed by atoms with E-state index in [2.05, 4.69) is 10.3 Å². The average molecular weight is 822 g/mol. The van der Waals surface area contributed by atoms with Crippen molar-refractivity contribution in [3.05, 3.63) is 11.1 Å². The molecule has 0 aliphatic heterocycles. The maximum absolute atomic E-state index is 7.31. The van der Waals surface area contributed by atoms with Crippen LogP contribution in [0.2, 0.25) is 0 Å². The number of fused-ring (bicyclic) bond motifs is 5. The molecule has 9 rings (SSSR count). The first-order chi connectivity index (χ1) is 32.7. The van der Waals surface area contributed by atoms with Crippen LogP contribution in [-0.4, -0.2) is 201 Å². The topological polar surface area (TPSA) is 38.1 Å². The number of hydrogen-bond donors (Lipinski definition) is 1. The fourth-order valence-electron chi connectivity index (χ4n) is 9.45. The Bertz CT molecular complexity index is 3700. The number of oxazole rings is 1. The van der Waals surface area contributed by atoms with Gasteiger partial charge in [-0.2, -0.15) is 0 Å². The van der Waals surface area contributed by atoms with Gasteiger partial charge in [0.15, 0.2) is 0 Å². The molecule has 1 N–H and O–H groups in total. The molecule has 50 radical (unpaired) electrons. The Kier molecular flexibility index (Phi) is 12.6. The molecule has 0 atom stereocenters. The SMILES string of the molecule is [B]c1c([B])c([B])c(-c2nc3c([B])c(-c4c([B])c5c(c(Nc6c([B])c([B])c(-c7c([B])c([B])c([B])c([B])c7[B])c([B])c6[B])c4[B])-c4c(c([B])c6c([B])c([B])c([B])c([B])c6c4[B])C5)c([B])c([B])c3o2)c([B])c1[B]. The minimum atomic E-state index is -0.179. The van der Waals surface area contributed by atoms with Crippen LogP contribution in [0, 0.1) is 0 Å². The minimum Gasteiger partial charge on any atom is -0.437 e. The first-order valence-electron chi connectivity index (χ1n) is 20.5. The van der Waals surface area contributed by atoms with E-state index in [9.17, 15) is 0 Å². The largest absolute Gasteiger partial charge is 0.437 e. The van der Waals surface area contributed by atoms with Crippen LogP contribution in [0.3, 0.4) is 0 Å². The molecule has 8 aromatic rings. The predicted octanol–water partition coefficient (Wildman–Crippen LogP) is -18.9. The van der Waals surface area contributed by atoms with Crippen LogP contribution in [0.25, 0.3) is 66.7 Å². The summed E-state index contributed by atoms with van der Waals surface area (Å²) in [4.78, 5) is 4.63. The standard InChI is InChI=1S/C42H3B25N2O/c43-13-2-1-3-5(4(2)15(45)8-6(13)16(46)27(57)28(58)17(8)47)38(68-39-35(65)20(50)10(21(51)36(39)66)9-18(48)29(59)33(63)30(60)19(9)49)25(55)7(14(3)44)11-22(52)37(67)41-40(26(11)56)69-42(70-41)12-23(53)31(61)34(64)32(62)24(12)54/h68H,1H2. The molecule has 1 aliphatic rings. The highest BCUT2D eigenvalue weighted by Crippen LogP contribution is 2.41. The number of nitrogens with zero attached hydrogens (tertiary/aromatic N) is 1. The van der Waals surface area contributed by atoms with E-state index in [-0.39, 0.29) is 210 Å². The van der Waals surface area contributed by atoms with Gasteiger partial charge in [0, 0.05) is 22.5 Å². The van der Waals surface area contributed by atoms with Crippen molar-refractivity contribution in [3.8, 4) is 44.8 Å². The molecule has 1 aliphatic carbocycles. The summed E-state index contributed by atoms with van der Waals surface area (Å²) in [5, 5.41) is 3.72. The summed E-state index contributed by atoms with van der Waals surface area (Å²) >= 11 is 0. The van der Waals surface area contributed by atoms with Gasteiger partial charge in [-0.25, -0.2) is 4.98 Å². The number of rotatable bonds is 5. The average Bonchev–Trinajstić information content (AvgIpc) is 3.96. The van der Waals surface area contributed by atoms with Crippen molar-refractivity contribution in [1.82, 2.24) is 4.98 Å². The molecule has 0 bridgehead atoms. The van der Waals surface area contributed by atoms with Crippen molar-refractivity contribution >= 4 is 366 Å². The molecule has 0 saturated carbocycles. The Labute approximate surface area is 440 Å². The monoisotopic (exact) mass is 826 g/mol. The van der Waals surface area contributed by atoms with Crippen LogP contribution in [0.15, 0.2) is 4.42 Å². The molecule has 262 valence electrons. The van der Waals surface area contributed by atoms with E-state index in [1.807, 2.05) is 0 Å². The highest BCUT2D eigenvalue weighted by atomic mass is 16.3. The zero-order valence-corrected chi connectivity index (χ0v) is 37.0. The molecule has 0 fully saturated rings. The first kappa shape index (κ1) is 50.6. The van der Waals surface area contributed by atoms with Crippen molar-refractivity contribution in [1.29, 1.82) is 0 Å². The van der Waals surface area contributed by atoms with E-state index in [1.54, 1.807) is 0 Å². The zero-order chi connectivity index (χ0) is 51.5. The maximum Gasteiger partial charge on any atom is 0.226 e. The van der Waals surface area contributed by atoms with Crippen molar-refractivity contribution in [2.45, 2.75) is 6.42 Å². The van der Waals surface area contributed by atoms with Gasteiger partial charge in [0.05, 0.1) is 0 Å². The van der Waals surface area contributed by atoms with E-state index in [1.165, 1.54) is 0 Å². The van der Waals surface area contributed by atoms with Crippen LogP contribution >= 0.6 is 0 Å². The fourth-order valence-corrected chi connectivity index (χ4v) is 9.45. The molecular formula is C42H3B25N2O. The molecule has 0 spiro atoms. The van der Waals surface area contributed by atoms with Crippen LogP contribution in [0.5, 0.6) is 0 Å². The molecule has 28 heteroatoms. The Morgan fingerprint density at radius 1 is 0.271 bits per heavy atom. The molecule has 0 saturated heterocycles. The van der Waals surface area contributed by atoms with Gasteiger partial charge in [-0.15, -0.1) is 43.7 Å². The Hall–Kier alpha value is -4.31. The summed E-state index contributed by atoms with van der Waals surface area (Å²) < 4.78 is 6.12. The summed E-state index contributed by atoms with van der Waals surface area (Å²) in [5.74, 6) is -0.179. The van der Waals surface area contributed by atoms with Crippen molar-refractivity contribution in [2.75, 3.05) is 5.32 Å². The molecular weight excluding hydrogens is 819 g/mol. The molecule has 7 aromatic carbocycles. The zero-order valence-electron chi connectivity index (χ0n) is 37.0. The third kappa shape index (κ3) is 6.81. The third-order valence-corrected chi connectivity index (χ3v) is 13.4. The lowest BCUT2D eigenvalue weighted by Gasteiger charge is -2.31. The number of nitrogens with one attached hydrogen (secondary N) is 1. The molecule has 3 nitrogen and oxygen atoms in total. The molecule has 1 heterocycles. The molecule has 0 unspecified atom stereocenters. The quantitative estimate of drug-likeness (QED) is 0.176. The Balaban J connectivity index is 1.38. The lowest BCUT2D eigenvalue weighted by molar-refractivity contribution is 0.623. The van der Waals surface area contributed by atoms with Gasteiger partial charge in [0.25, 0.3) is 0 Å². The first-order valence-corrected chi connectivity index (χ1v) is 20.5. The summed E-state index contributed by atoms with van der Waals surface area (Å²) in [6.07, 6.45) is -0.00897. The summed E-state index contributed by atoms with van der Waals surface area (Å²) in [5.41, 5.74) is -0.217. The van der Waals surface area contributed by atoms with E-state index >= 15 is 0 Å². The lowest BCUT2D eigenvalue weighted by atomic mass is 9.56. The van der Waals surface area contributed by atoms with Crippen LogP contribution < -0.4 is 142 Å². The van der Waals surface area contributed by atoms with Gasteiger partial charge in [0.1, 0.15) is 207 Å². The van der Waals surface area contributed by atoms with Gasteiger partial charge < -0.3 is 9.73 Å². The van der Waals surface area contributed by atoms with E-state index in [4.69, 9.17) is 201 Å². The van der Waals surface area contributed by atoms with Crippen molar-refractivity contribution in [3.63, 3.8) is 0 Å². The van der Waals surface area contributed by atoms with Gasteiger partial charge in [-0.3, -0.25) is 0 Å². The van der Waals surface area contributed by atoms with E-state index in [0.717, 1.165) is 0 Å². The summed E-state index contributed by atoms with van der Waals surface area (Å²) in [7, 11) is 165. The second kappa shape index (κ2) is 17.4. The minimum absolute atomic E-state index is 0.000964. The van der Waals surface area contributed by atoms with Gasteiger partial charge >= 0.3 is 0 Å². The second-order valence-corrected chi connectivity index (χ2v) is 16.9. The highest BCUT2D eigenvalue weighted by molar-refractivity contribution is 6.74. The number of anilines is 2. The Morgan fingerprint density at radius 2 is 0.629 bits per heavy atom. The molecule has 70 heavy (non-hydrogen) atoms. The summed E-state index contributed by atoms with van der Waals surface area (Å²) in [6.45, 7) is 0. The predicted molar refractivity (Wildman–Crippen MR) is 320 cm³/mol. The number of hydrogen-bond acceptors (Lipinski definition) is 3. The van der Waals surface area contributed by atoms with E-state index < -0.39 is 0 Å². The number of benzene rings is 7. The van der Waals surface area contributed by atoms with Crippen LogP contribution in [0.4, 0.5) is 11.4 Å². The number of aromatic nitrogens is 1. The van der Waals surface area contributed by atoms with Crippen LogP contribution in [0.1, 0.15) is 11.1 Å². The van der Waals surface area contributed by atoms with Gasteiger partial charge in [-0.1, -0.05) is 92.9 Å². The van der Waals surface area contributed by atoms with Gasteiger partial charge in [-0.05, 0) is 56.1 Å². The molecule has 0 amide bonds. The fraction of sp³-hybridized carbons (Fsp3) is 0.0238. The molecule has 1 aromatic heterocycles. The normalized spacial score (nSPS) is 11.9. The highest BCUT2D eigenvalue weighted by Gasteiger charge is 2.34. The summed E-state index contributed by atoms with van der Waals surface area (Å²) in [6, 6.07) is 0. The smallest absolute Gasteiger partial charge is 0.226 e. The Morgan fingerprint density at radius 3 is 1.11 bits per heavy atom. The van der Waals surface area contributed by atoms with E-state index in [0.29, 0.717) is 22.3 Å². The second-order valence-electron chi connectivity index (χ2n) is 16.9. The lowest BCUT2D eigenvalue weighted by Crippen LogP contribution is -2.57. The maximum atomic E-state index is 7.31. The van der Waals surface area contributed by atoms with Gasteiger partial charge in [0.2, 0.25) is 5.89 Å². The van der Waals surface area contributed by atoms with Crippen molar-refractivity contribution in [2.24, 2.45) is 0 Å². The van der Waals surface area contributed by atoms with Crippen molar-refractivity contribution < 1.29 is 4.42 Å². The third-order valence-electron chi connectivity index (χ3n) is 13.4.